The second-order valence-electron chi connectivity index (χ2n) is 4.50. The third-order valence-corrected chi connectivity index (χ3v) is 3.02. The van der Waals surface area contributed by atoms with Crippen molar-refractivity contribution < 1.29 is 4.74 Å². The number of ether oxygens (including phenoxy) is 1. The molecule has 1 aliphatic rings. The Labute approximate surface area is 91.8 Å². The van der Waals surface area contributed by atoms with Crippen LogP contribution in [0.2, 0.25) is 0 Å². The van der Waals surface area contributed by atoms with Crippen LogP contribution in [0.25, 0.3) is 0 Å². The smallest absolute Gasteiger partial charge is 0.101 e. The van der Waals surface area contributed by atoms with Crippen molar-refractivity contribution in [2.45, 2.75) is 32.3 Å². The van der Waals surface area contributed by atoms with Crippen molar-refractivity contribution >= 4 is 0 Å². The molecule has 0 bridgehead atoms. The first kappa shape index (κ1) is 10.3. The lowest BCUT2D eigenvalue weighted by Gasteiger charge is -2.28. The lowest BCUT2D eigenvalue weighted by molar-refractivity contribution is 0.0769. The van der Waals surface area contributed by atoms with Gasteiger partial charge in [0.2, 0.25) is 0 Å². The first-order chi connectivity index (χ1) is 7.27. The van der Waals surface area contributed by atoms with Crippen molar-refractivity contribution in [1.82, 2.24) is 0 Å². The summed E-state index contributed by atoms with van der Waals surface area (Å²) in [6.07, 6.45) is 5.48. The van der Waals surface area contributed by atoms with E-state index in [0.29, 0.717) is 17.9 Å². The highest BCUT2D eigenvalue weighted by Gasteiger charge is 2.22. The van der Waals surface area contributed by atoms with Crippen LogP contribution in [0.1, 0.15) is 31.7 Å². The molecule has 1 aromatic carbocycles. The van der Waals surface area contributed by atoms with Crippen LogP contribution in [0, 0.1) is 5.92 Å². The van der Waals surface area contributed by atoms with Gasteiger partial charge in [0.05, 0.1) is 6.26 Å². The van der Waals surface area contributed by atoms with Gasteiger partial charge in [0, 0.05) is 5.92 Å². The van der Waals surface area contributed by atoms with Gasteiger partial charge in [-0.3, -0.25) is 0 Å². The third kappa shape index (κ3) is 2.41. The van der Waals surface area contributed by atoms with Gasteiger partial charge in [-0.15, -0.1) is 0 Å². The Morgan fingerprint density at radius 1 is 1.20 bits per heavy atom. The number of allylic oxidation sites excluding steroid dienone is 1. The molecule has 0 saturated carbocycles. The van der Waals surface area contributed by atoms with E-state index in [-0.39, 0.29) is 0 Å². The summed E-state index contributed by atoms with van der Waals surface area (Å²) in [5, 5.41) is 0. The van der Waals surface area contributed by atoms with Crippen molar-refractivity contribution in [3.63, 3.8) is 0 Å². The zero-order valence-corrected chi connectivity index (χ0v) is 9.39. The maximum Gasteiger partial charge on any atom is 0.101 e. The molecule has 0 amide bonds. The average Bonchev–Trinajstić information content (AvgIpc) is 2.30. The predicted octanol–water partition coefficient (Wildman–Crippen LogP) is 3.73. The van der Waals surface area contributed by atoms with Crippen molar-refractivity contribution in [3.8, 4) is 0 Å². The highest BCUT2D eigenvalue weighted by Crippen LogP contribution is 2.30. The van der Waals surface area contributed by atoms with Gasteiger partial charge in [-0.25, -0.2) is 0 Å². The number of rotatable bonds is 2. The molecule has 0 aliphatic carbocycles. The van der Waals surface area contributed by atoms with Crippen LogP contribution in [0.5, 0.6) is 0 Å². The van der Waals surface area contributed by atoms with Crippen LogP contribution in [0.3, 0.4) is 0 Å². The lowest BCUT2D eigenvalue weighted by Crippen LogP contribution is -2.23. The summed E-state index contributed by atoms with van der Waals surface area (Å²) in [5.74, 6) is 1.11. The van der Waals surface area contributed by atoms with Crippen molar-refractivity contribution in [3.05, 3.63) is 48.2 Å². The molecular formula is C14H18O. The highest BCUT2D eigenvalue weighted by molar-refractivity contribution is 5.24. The van der Waals surface area contributed by atoms with E-state index in [4.69, 9.17) is 4.74 Å². The van der Waals surface area contributed by atoms with E-state index in [9.17, 15) is 0 Å². The number of benzene rings is 1. The minimum absolute atomic E-state index is 0.361. The Morgan fingerprint density at radius 2 is 1.93 bits per heavy atom. The number of hydrogen-bond acceptors (Lipinski definition) is 1. The molecule has 80 valence electrons. The molecule has 15 heavy (non-hydrogen) atoms. The molecule has 0 aromatic heterocycles. The van der Waals surface area contributed by atoms with Crippen LogP contribution in [-0.2, 0) is 4.74 Å². The van der Waals surface area contributed by atoms with E-state index >= 15 is 0 Å². The Balaban J connectivity index is 2.12. The van der Waals surface area contributed by atoms with Gasteiger partial charge in [-0.05, 0) is 24.0 Å². The Morgan fingerprint density at radius 3 is 2.60 bits per heavy atom. The van der Waals surface area contributed by atoms with Gasteiger partial charge in [0.1, 0.15) is 6.10 Å². The monoisotopic (exact) mass is 202 g/mol. The van der Waals surface area contributed by atoms with Crippen molar-refractivity contribution in [1.29, 1.82) is 0 Å². The van der Waals surface area contributed by atoms with Crippen LogP contribution in [-0.4, -0.2) is 6.10 Å². The number of hydrogen-bond donors (Lipinski definition) is 0. The first-order valence-electron chi connectivity index (χ1n) is 5.64. The molecule has 0 radical (unpaired) electrons. The summed E-state index contributed by atoms with van der Waals surface area (Å²) < 4.78 is 5.61. The SMILES string of the molecule is CC(C)C1CC(c2ccccc2)C=CO1. The standard InChI is InChI=1S/C14H18O/c1-11(2)14-10-13(8-9-15-14)12-6-4-3-5-7-12/h3-9,11,13-14H,10H2,1-2H3. The molecule has 0 fully saturated rings. The van der Waals surface area contributed by atoms with Crippen molar-refractivity contribution in [2.75, 3.05) is 0 Å². The van der Waals surface area contributed by atoms with Crippen molar-refractivity contribution in [2.24, 2.45) is 5.92 Å². The fourth-order valence-corrected chi connectivity index (χ4v) is 2.00. The first-order valence-corrected chi connectivity index (χ1v) is 5.64. The molecule has 0 N–H and O–H groups in total. The topological polar surface area (TPSA) is 9.23 Å². The Bertz CT molecular complexity index is 326. The third-order valence-electron chi connectivity index (χ3n) is 3.02. The molecule has 0 spiro atoms. The van der Waals surface area contributed by atoms with Crippen LogP contribution >= 0.6 is 0 Å². The van der Waals surface area contributed by atoms with Gasteiger partial charge >= 0.3 is 0 Å². The molecule has 2 rings (SSSR count). The predicted molar refractivity (Wildman–Crippen MR) is 62.7 cm³/mol. The molecule has 1 aliphatic heterocycles. The quantitative estimate of drug-likeness (QED) is 0.710. The summed E-state index contributed by atoms with van der Waals surface area (Å²) in [6, 6.07) is 10.6. The van der Waals surface area contributed by atoms with E-state index in [1.54, 1.807) is 0 Å². The molecular weight excluding hydrogens is 184 g/mol. The molecule has 1 heteroatoms. The Hall–Kier alpha value is -1.24. The second-order valence-corrected chi connectivity index (χ2v) is 4.50. The van der Waals surface area contributed by atoms with Crippen LogP contribution < -0.4 is 0 Å². The maximum absolute atomic E-state index is 5.61. The summed E-state index contributed by atoms with van der Waals surface area (Å²) in [6.45, 7) is 4.43. The fourth-order valence-electron chi connectivity index (χ4n) is 2.00. The molecule has 1 aromatic rings. The van der Waals surface area contributed by atoms with E-state index in [0.717, 1.165) is 6.42 Å². The van der Waals surface area contributed by atoms with Crippen LogP contribution in [0.15, 0.2) is 42.7 Å². The molecule has 2 unspecified atom stereocenters. The minimum atomic E-state index is 0.361. The molecule has 0 saturated heterocycles. The van der Waals surface area contributed by atoms with Gasteiger partial charge in [0.25, 0.3) is 0 Å². The zero-order valence-electron chi connectivity index (χ0n) is 9.39. The van der Waals surface area contributed by atoms with Gasteiger partial charge < -0.3 is 4.74 Å². The molecule has 1 heterocycles. The molecule has 2 atom stereocenters. The zero-order chi connectivity index (χ0) is 10.7. The van der Waals surface area contributed by atoms with Gasteiger partial charge in [-0.2, -0.15) is 0 Å². The fraction of sp³-hybridized carbons (Fsp3) is 0.429. The lowest BCUT2D eigenvalue weighted by atomic mass is 9.88. The van der Waals surface area contributed by atoms with Gasteiger partial charge in [-0.1, -0.05) is 44.2 Å². The summed E-state index contributed by atoms with van der Waals surface area (Å²) in [4.78, 5) is 0. The largest absolute Gasteiger partial charge is 0.498 e. The van der Waals surface area contributed by atoms with Crippen LogP contribution in [0.4, 0.5) is 0 Å². The summed E-state index contributed by atoms with van der Waals surface area (Å²) >= 11 is 0. The van der Waals surface area contributed by atoms with E-state index in [1.807, 2.05) is 6.26 Å². The maximum atomic E-state index is 5.61. The summed E-state index contributed by atoms with van der Waals surface area (Å²) in [5.41, 5.74) is 1.39. The normalized spacial score (nSPS) is 25.3. The van der Waals surface area contributed by atoms with Gasteiger partial charge in [0.15, 0.2) is 0 Å². The van der Waals surface area contributed by atoms with E-state index < -0.39 is 0 Å². The molecule has 1 nitrogen and oxygen atoms in total. The summed E-state index contributed by atoms with van der Waals surface area (Å²) in [7, 11) is 0. The van der Waals surface area contributed by atoms with E-state index in [1.165, 1.54) is 5.56 Å². The minimum Gasteiger partial charge on any atom is -0.498 e. The highest BCUT2D eigenvalue weighted by atomic mass is 16.5. The average molecular weight is 202 g/mol. The second kappa shape index (κ2) is 4.52. The van der Waals surface area contributed by atoms with E-state index in [2.05, 4.69) is 50.3 Å². The Kier molecular flexibility index (Phi) is 3.10.